The molecule has 2 aliphatic heterocycles. The van der Waals surface area contributed by atoms with Crippen LogP contribution in [-0.4, -0.2) is 22.6 Å². The van der Waals surface area contributed by atoms with Gasteiger partial charge < -0.3 is 4.74 Å². The number of hydrogen-bond acceptors (Lipinski definition) is 3. The zero-order chi connectivity index (χ0) is 20.9. The van der Waals surface area contributed by atoms with Gasteiger partial charge in [0.15, 0.2) is 5.72 Å². The van der Waals surface area contributed by atoms with Crippen LogP contribution in [0, 0.1) is 5.82 Å². The monoisotopic (exact) mass is 402 g/mol. The first-order valence-electron chi connectivity index (χ1n) is 9.74. The number of nitrogens with zero attached hydrogens (tertiary/aromatic N) is 2. The van der Waals surface area contributed by atoms with Gasteiger partial charge in [0.05, 0.1) is 6.04 Å². The number of imide groups is 1. The second-order valence-corrected chi connectivity index (χ2v) is 7.67. The molecule has 0 N–H and O–H groups in total. The number of rotatable bonds is 2. The molecule has 30 heavy (non-hydrogen) atoms. The van der Waals surface area contributed by atoms with Crippen LogP contribution in [0.4, 0.5) is 14.9 Å². The zero-order valence-electron chi connectivity index (χ0n) is 16.3. The number of urea groups is 1. The van der Waals surface area contributed by atoms with Crippen LogP contribution in [0.3, 0.4) is 0 Å². The molecule has 2 unspecified atom stereocenters. The molecule has 0 aromatic heterocycles. The summed E-state index contributed by atoms with van der Waals surface area (Å²) in [7, 11) is 0. The minimum atomic E-state index is -0.962. The van der Waals surface area contributed by atoms with E-state index in [0.29, 0.717) is 17.9 Å². The number of benzene rings is 3. The van der Waals surface area contributed by atoms with Crippen molar-refractivity contribution in [3.63, 3.8) is 0 Å². The number of fused-ring (bicyclic) bond motifs is 4. The largest absolute Gasteiger partial charge is 0.467 e. The fourth-order valence-corrected chi connectivity index (χ4v) is 4.36. The third-order valence-corrected chi connectivity index (χ3v) is 5.67. The highest BCUT2D eigenvalue weighted by Gasteiger charge is 2.55. The molecule has 3 aromatic carbocycles. The summed E-state index contributed by atoms with van der Waals surface area (Å²) in [5, 5.41) is 0. The van der Waals surface area contributed by atoms with Crippen LogP contribution in [-0.2, 0) is 0 Å². The number of ether oxygens (including phenoxy) is 1. The Bertz CT molecular complexity index is 1150. The lowest BCUT2D eigenvalue weighted by Gasteiger charge is -2.53. The Kier molecular flexibility index (Phi) is 4.10. The molecule has 3 amide bonds. The minimum absolute atomic E-state index is 0.129. The van der Waals surface area contributed by atoms with Gasteiger partial charge in [-0.2, -0.15) is 0 Å². The standard InChI is InChI=1S/C24H19FN2O3/c1-24-15-20(19-12-5-6-13-21(19)30-24)26(22(28)16-8-7-9-17(25)14-16)23(29)27(24)18-10-3-2-4-11-18/h2-14,20H,15H2,1H3. The van der Waals surface area contributed by atoms with Crippen LogP contribution >= 0.6 is 0 Å². The van der Waals surface area contributed by atoms with Crippen molar-refractivity contribution in [1.29, 1.82) is 0 Å². The molecule has 3 aromatic rings. The van der Waals surface area contributed by atoms with Gasteiger partial charge in [0.1, 0.15) is 11.6 Å². The highest BCUT2D eigenvalue weighted by Crippen LogP contribution is 2.49. The SMILES string of the molecule is CC12CC(c3ccccc3O1)N(C(=O)c1cccc(F)c1)C(=O)N2c1ccccc1. The molecule has 1 fully saturated rings. The van der Waals surface area contributed by atoms with Gasteiger partial charge >= 0.3 is 6.03 Å². The Morgan fingerprint density at radius 3 is 2.53 bits per heavy atom. The molecular weight excluding hydrogens is 383 g/mol. The lowest BCUT2D eigenvalue weighted by Crippen LogP contribution is -2.67. The van der Waals surface area contributed by atoms with Crippen LogP contribution in [0.5, 0.6) is 5.75 Å². The second-order valence-electron chi connectivity index (χ2n) is 7.67. The zero-order valence-corrected chi connectivity index (χ0v) is 16.3. The van der Waals surface area contributed by atoms with E-state index in [1.807, 2.05) is 49.4 Å². The number of carbonyl (C=O) groups excluding carboxylic acids is 2. The smallest absolute Gasteiger partial charge is 0.335 e. The third kappa shape index (κ3) is 2.76. The Balaban J connectivity index is 1.68. The first kappa shape index (κ1) is 18.4. The number of anilines is 1. The summed E-state index contributed by atoms with van der Waals surface area (Å²) in [6.07, 6.45) is 0.395. The van der Waals surface area contributed by atoms with Crippen molar-refractivity contribution in [3.05, 3.63) is 95.8 Å². The molecule has 1 saturated heterocycles. The van der Waals surface area contributed by atoms with Crippen molar-refractivity contribution in [2.45, 2.75) is 25.1 Å². The molecule has 0 aliphatic carbocycles. The van der Waals surface area contributed by atoms with Crippen molar-refractivity contribution < 1.29 is 18.7 Å². The highest BCUT2D eigenvalue weighted by molar-refractivity contribution is 6.10. The second kappa shape index (κ2) is 6.69. The number of halogens is 1. The average Bonchev–Trinajstić information content (AvgIpc) is 2.74. The lowest BCUT2D eigenvalue weighted by molar-refractivity contribution is 0.00266. The van der Waals surface area contributed by atoms with Crippen LogP contribution in [0.25, 0.3) is 0 Å². The Morgan fingerprint density at radius 1 is 1.03 bits per heavy atom. The molecule has 2 aliphatic rings. The molecule has 0 radical (unpaired) electrons. The van der Waals surface area contributed by atoms with Crippen molar-refractivity contribution in [3.8, 4) is 5.75 Å². The van der Waals surface area contributed by atoms with Gasteiger partial charge in [0.25, 0.3) is 5.91 Å². The summed E-state index contributed by atoms with van der Waals surface area (Å²) in [6, 6.07) is 20.9. The number of carbonyl (C=O) groups is 2. The van der Waals surface area contributed by atoms with E-state index in [0.717, 1.165) is 11.6 Å². The Morgan fingerprint density at radius 2 is 1.77 bits per heavy atom. The minimum Gasteiger partial charge on any atom is -0.467 e. The van der Waals surface area contributed by atoms with E-state index >= 15 is 0 Å². The molecule has 0 saturated carbocycles. The maximum atomic E-state index is 13.8. The molecule has 6 heteroatoms. The van der Waals surface area contributed by atoms with Gasteiger partial charge in [-0.1, -0.05) is 42.5 Å². The van der Waals surface area contributed by atoms with Crippen molar-refractivity contribution in [2.24, 2.45) is 0 Å². The molecule has 150 valence electrons. The summed E-state index contributed by atoms with van der Waals surface area (Å²) in [6.45, 7) is 1.85. The van der Waals surface area contributed by atoms with E-state index in [9.17, 15) is 14.0 Å². The van der Waals surface area contributed by atoms with E-state index < -0.39 is 29.5 Å². The molecule has 2 atom stereocenters. The quantitative estimate of drug-likeness (QED) is 0.596. The summed E-state index contributed by atoms with van der Waals surface area (Å²) in [5.74, 6) is -0.437. The molecular formula is C24H19FN2O3. The van der Waals surface area contributed by atoms with Crippen LogP contribution < -0.4 is 9.64 Å². The summed E-state index contributed by atoms with van der Waals surface area (Å²) in [5.41, 5.74) is 0.556. The summed E-state index contributed by atoms with van der Waals surface area (Å²) < 4.78 is 20.1. The van der Waals surface area contributed by atoms with E-state index in [2.05, 4.69) is 0 Å². The Hall–Kier alpha value is -3.67. The topological polar surface area (TPSA) is 49.9 Å². The number of hydrogen-bond donors (Lipinski definition) is 0. The van der Waals surface area contributed by atoms with Gasteiger partial charge in [0, 0.05) is 23.2 Å². The van der Waals surface area contributed by atoms with E-state index in [-0.39, 0.29) is 5.56 Å². The van der Waals surface area contributed by atoms with Gasteiger partial charge in [-0.05, 0) is 43.3 Å². The van der Waals surface area contributed by atoms with Gasteiger partial charge in [0.2, 0.25) is 0 Å². The van der Waals surface area contributed by atoms with Crippen LogP contribution in [0.2, 0.25) is 0 Å². The van der Waals surface area contributed by atoms with E-state index in [1.165, 1.54) is 28.0 Å². The van der Waals surface area contributed by atoms with Crippen molar-refractivity contribution >= 4 is 17.6 Å². The predicted molar refractivity (Wildman–Crippen MR) is 110 cm³/mol. The predicted octanol–water partition coefficient (Wildman–Crippen LogP) is 5.15. The molecule has 2 bridgehead atoms. The van der Waals surface area contributed by atoms with Gasteiger partial charge in [-0.15, -0.1) is 0 Å². The Labute approximate surface area is 173 Å². The first-order valence-corrected chi connectivity index (χ1v) is 9.74. The van der Waals surface area contributed by atoms with Gasteiger partial charge in [-0.3, -0.25) is 14.6 Å². The average molecular weight is 402 g/mol. The fraction of sp³-hybridized carbons (Fsp3) is 0.167. The van der Waals surface area contributed by atoms with E-state index in [4.69, 9.17) is 4.74 Å². The molecule has 2 heterocycles. The summed E-state index contributed by atoms with van der Waals surface area (Å²) >= 11 is 0. The lowest BCUT2D eigenvalue weighted by atomic mass is 9.88. The third-order valence-electron chi connectivity index (χ3n) is 5.67. The molecule has 5 nitrogen and oxygen atoms in total. The van der Waals surface area contributed by atoms with Crippen LogP contribution in [0.1, 0.15) is 35.3 Å². The maximum absolute atomic E-state index is 13.8. The van der Waals surface area contributed by atoms with Crippen LogP contribution in [0.15, 0.2) is 78.9 Å². The summed E-state index contributed by atoms with van der Waals surface area (Å²) in [4.78, 5) is 29.9. The van der Waals surface area contributed by atoms with Crippen molar-refractivity contribution in [1.82, 2.24) is 4.90 Å². The fourth-order valence-electron chi connectivity index (χ4n) is 4.36. The van der Waals surface area contributed by atoms with Gasteiger partial charge in [-0.25, -0.2) is 9.18 Å². The van der Waals surface area contributed by atoms with E-state index in [1.54, 1.807) is 12.1 Å². The maximum Gasteiger partial charge on any atom is 0.335 e. The molecule has 0 spiro atoms. The molecule has 5 rings (SSSR count). The van der Waals surface area contributed by atoms with Crippen molar-refractivity contribution in [2.75, 3.05) is 4.90 Å². The number of para-hydroxylation sites is 2. The number of amides is 3. The first-order chi connectivity index (χ1) is 14.5. The highest BCUT2D eigenvalue weighted by atomic mass is 19.1. The normalized spacial score (nSPS) is 22.3.